The molecule has 2 rings (SSSR count). The maximum atomic E-state index is 12.4. The zero-order valence-corrected chi connectivity index (χ0v) is 16.4. The van der Waals surface area contributed by atoms with E-state index in [2.05, 4.69) is 4.90 Å². The maximum Gasteiger partial charge on any atom is 0.338 e. The summed E-state index contributed by atoms with van der Waals surface area (Å²) in [6.07, 6.45) is 0. The molecule has 0 amide bonds. The van der Waals surface area contributed by atoms with E-state index in [1.807, 2.05) is 13.8 Å². The predicted octanol–water partition coefficient (Wildman–Crippen LogP) is 0.552. The first-order valence-corrected chi connectivity index (χ1v) is 8.83. The van der Waals surface area contributed by atoms with Crippen LogP contribution in [-0.2, 0) is 18.8 Å². The number of carbonyl (C=O) groups is 2. The molecule has 1 heterocycles. The zero-order valence-electron chi connectivity index (χ0n) is 16.4. The fraction of sp³-hybridized carbons (Fsp3) is 0.368. The van der Waals surface area contributed by atoms with Crippen LogP contribution in [0.3, 0.4) is 0 Å². The maximum absolute atomic E-state index is 12.4. The van der Waals surface area contributed by atoms with Crippen LogP contribution in [0.1, 0.15) is 34.6 Å². The SMILES string of the molecule is CCN(CC)c1ccc(C(=O)OCC(=O)c2c(N)n(C)c(=O)n(C)c2=O)cc1. The van der Waals surface area contributed by atoms with Crippen LogP contribution < -0.4 is 21.9 Å². The van der Waals surface area contributed by atoms with Gasteiger partial charge in [-0.25, -0.2) is 9.59 Å². The molecule has 2 N–H and O–H groups in total. The number of anilines is 2. The lowest BCUT2D eigenvalue weighted by Gasteiger charge is -2.20. The molecule has 9 heteroatoms. The summed E-state index contributed by atoms with van der Waals surface area (Å²) < 4.78 is 6.79. The van der Waals surface area contributed by atoms with Gasteiger partial charge in [0, 0.05) is 32.9 Å². The quantitative estimate of drug-likeness (QED) is 0.544. The van der Waals surface area contributed by atoms with Crippen LogP contribution in [0.2, 0.25) is 0 Å². The molecule has 9 nitrogen and oxygen atoms in total. The first-order chi connectivity index (χ1) is 13.2. The summed E-state index contributed by atoms with van der Waals surface area (Å²) in [6.45, 7) is 5.09. The van der Waals surface area contributed by atoms with Gasteiger partial charge in [-0.3, -0.25) is 18.7 Å². The highest BCUT2D eigenvalue weighted by molar-refractivity contribution is 6.02. The molecule has 0 saturated carbocycles. The number of ketones is 1. The molecule has 0 aliphatic heterocycles. The third kappa shape index (κ3) is 3.98. The van der Waals surface area contributed by atoms with Crippen molar-refractivity contribution < 1.29 is 14.3 Å². The second-order valence-electron chi connectivity index (χ2n) is 6.18. The monoisotopic (exact) mass is 388 g/mol. The van der Waals surface area contributed by atoms with Crippen LogP contribution in [-0.4, -0.2) is 40.6 Å². The Labute approximate surface area is 161 Å². The Morgan fingerprint density at radius 3 is 2.14 bits per heavy atom. The number of hydrogen-bond acceptors (Lipinski definition) is 7. The molecular formula is C19H24N4O5. The van der Waals surface area contributed by atoms with Crippen molar-refractivity contribution in [3.05, 3.63) is 56.2 Å². The van der Waals surface area contributed by atoms with Crippen LogP contribution in [0.15, 0.2) is 33.9 Å². The molecule has 0 fully saturated rings. The minimum Gasteiger partial charge on any atom is -0.454 e. The molecule has 0 aliphatic carbocycles. The van der Waals surface area contributed by atoms with Crippen LogP contribution in [0, 0.1) is 0 Å². The summed E-state index contributed by atoms with van der Waals surface area (Å²) in [5, 5.41) is 0. The Hall–Kier alpha value is -3.36. The average molecular weight is 388 g/mol. The standard InChI is InChI=1S/C19H24N4O5/c1-5-23(6-2)13-9-7-12(8-10-13)18(26)28-11-14(24)15-16(20)21(3)19(27)22(4)17(15)25/h7-10H,5-6,11,20H2,1-4H3. The number of carbonyl (C=O) groups excluding carboxylic acids is 2. The third-order valence-corrected chi connectivity index (χ3v) is 4.55. The Morgan fingerprint density at radius 1 is 1.04 bits per heavy atom. The van der Waals surface area contributed by atoms with Gasteiger partial charge >= 0.3 is 11.7 Å². The van der Waals surface area contributed by atoms with Gasteiger partial charge in [0.05, 0.1) is 5.56 Å². The van der Waals surface area contributed by atoms with Crippen molar-refractivity contribution in [2.75, 3.05) is 30.3 Å². The van der Waals surface area contributed by atoms with E-state index in [4.69, 9.17) is 10.5 Å². The molecule has 1 aromatic heterocycles. The highest BCUT2D eigenvalue weighted by atomic mass is 16.5. The first kappa shape index (κ1) is 20.9. The summed E-state index contributed by atoms with van der Waals surface area (Å²) in [5.74, 6) is -1.74. The van der Waals surface area contributed by atoms with Crippen molar-refractivity contribution in [3.63, 3.8) is 0 Å². The number of ether oxygens (including phenoxy) is 1. The number of nitrogens with two attached hydrogens (primary N) is 1. The van der Waals surface area contributed by atoms with Gasteiger partial charge in [0.15, 0.2) is 6.61 Å². The van der Waals surface area contributed by atoms with E-state index in [-0.39, 0.29) is 16.9 Å². The topological polar surface area (TPSA) is 117 Å². The number of rotatable bonds is 7. The smallest absolute Gasteiger partial charge is 0.338 e. The van der Waals surface area contributed by atoms with Gasteiger partial charge in [-0.15, -0.1) is 0 Å². The van der Waals surface area contributed by atoms with Gasteiger partial charge in [0.1, 0.15) is 11.4 Å². The first-order valence-electron chi connectivity index (χ1n) is 8.83. The Morgan fingerprint density at radius 2 is 1.61 bits per heavy atom. The number of Topliss-reactive ketones (excluding diaryl/α,β-unsaturated/α-hetero) is 1. The Balaban J connectivity index is 2.15. The van der Waals surface area contributed by atoms with E-state index in [9.17, 15) is 19.2 Å². The molecule has 0 unspecified atom stereocenters. The molecule has 0 atom stereocenters. The summed E-state index contributed by atoms with van der Waals surface area (Å²) in [5.41, 5.74) is 5.12. The largest absolute Gasteiger partial charge is 0.454 e. The lowest BCUT2D eigenvalue weighted by molar-refractivity contribution is 0.0474. The lowest BCUT2D eigenvalue weighted by Crippen LogP contribution is -2.42. The second kappa shape index (κ2) is 8.55. The van der Waals surface area contributed by atoms with Crippen molar-refractivity contribution in [2.24, 2.45) is 14.1 Å². The van der Waals surface area contributed by atoms with E-state index >= 15 is 0 Å². The average Bonchev–Trinajstić information content (AvgIpc) is 2.70. The van der Waals surface area contributed by atoms with Crippen molar-refractivity contribution in [3.8, 4) is 0 Å². The van der Waals surface area contributed by atoms with Gasteiger partial charge in [0.2, 0.25) is 5.78 Å². The van der Waals surface area contributed by atoms with Crippen LogP contribution in [0.25, 0.3) is 0 Å². The highest BCUT2D eigenvalue weighted by Crippen LogP contribution is 2.15. The number of nitrogen functional groups attached to an aromatic ring is 1. The van der Waals surface area contributed by atoms with Gasteiger partial charge in [-0.05, 0) is 38.1 Å². The lowest BCUT2D eigenvalue weighted by atomic mass is 10.2. The summed E-state index contributed by atoms with van der Waals surface area (Å²) in [4.78, 5) is 50.7. The van der Waals surface area contributed by atoms with Crippen molar-refractivity contribution in [1.29, 1.82) is 0 Å². The number of benzene rings is 1. The molecule has 0 radical (unpaired) electrons. The molecule has 2 aromatic rings. The number of aromatic nitrogens is 2. The van der Waals surface area contributed by atoms with Crippen LogP contribution in [0.4, 0.5) is 11.5 Å². The molecule has 28 heavy (non-hydrogen) atoms. The minimum absolute atomic E-state index is 0.266. The summed E-state index contributed by atoms with van der Waals surface area (Å²) in [6, 6.07) is 6.82. The van der Waals surface area contributed by atoms with Gasteiger partial charge < -0.3 is 15.4 Å². The Bertz CT molecular complexity index is 1000. The Kier molecular flexibility index (Phi) is 6.40. The molecule has 0 aliphatic rings. The minimum atomic E-state index is -0.828. The zero-order chi connectivity index (χ0) is 21.0. The molecule has 1 aromatic carbocycles. The van der Waals surface area contributed by atoms with Crippen LogP contribution in [0.5, 0.6) is 0 Å². The number of esters is 1. The van der Waals surface area contributed by atoms with Crippen molar-refractivity contribution in [1.82, 2.24) is 9.13 Å². The van der Waals surface area contributed by atoms with Crippen molar-refractivity contribution >= 4 is 23.3 Å². The van der Waals surface area contributed by atoms with Gasteiger partial charge in [-0.2, -0.15) is 0 Å². The third-order valence-electron chi connectivity index (χ3n) is 4.55. The number of nitrogens with zero attached hydrogens (tertiary/aromatic N) is 3. The molecular weight excluding hydrogens is 364 g/mol. The van der Waals surface area contributed by atoms with E-state index < -0.39 is 29.6 Å². The fourth-order valence-corrected chi connectivity index (χ4v) is 2.81. The van der Waals surface area contributed by atoms with Gasteiger partial charge in [-0.1, -0.05) is 0 Å². The van der Waals surface area contributed by atoms with E-state index in [1.165, 1.54) is 14.1 Å². The molecule has 0 saturated heterocycles. The van der Waals surface area contributed by atoms with E-state index in [0.29, 0.717) is 0 Å². The normalized spacial score (nSPS) is 10.6. The molecule has 0 spiro atoms. The van der Waals surface area contributed by atoms with E-state index in [0.717, 1.165) is 27.9 Å². The highest BCUT2D eigenvalue weighted by Gasteiger charge is 2.21. The molecule has 0 bridgehead atoms. The predicted molar refractivity (Wildman–Crippen MR) is 106 cm³/mol. The van der Waals surface area contributed by atoms with Gasteiger partial charge in [0.25, 0.3) is 5.56 Å². The molecule has 150 valence electrons. The van der Waals surface area contributed by atoms with Crippen LogP contribution >= 0.6 is 0 Å². The second-order valence-corrected chi connectivity index (χ2v) is 6.18. The summed E-state index contributed by atoms with van der Waals surface area (Å²) >= 11 is 0. The van der Waals surface area contributed by atoms with Crippen molar-refractivity contribution in [2.45, 2.75) is 13.8 Å². The van der Waals surface area contributed by atoms with E-state index in [1.54, 1.807) is 24.3 Å². The summed E-state index contributed by atoms with van der Waals surface area (Å²) in [7, 11) is 2.59. The number of hydrogen-bond donors (Lipinski definition) is 1. The fourth-order valence-electron chi connectivity index (χ4n) is 2.81.